The zero-order valence-electron chi connectivity index (χ0n) is 10.1. The molecule has 18 heavy (non-hydrogen) atoms. The van der Waals surface area contributed by atoms with Crippen molar-refractivity contribution in [2.45, 2.75) is 13.3 Å². The Kier molecular flexibility index (Phi) is 5.10. The molecule has 0 radical (unpaired) electrons. The van der Waals surface area contributed by atoms with Gasteiger partial charge in [0.15, 0.2) is 5.84 Å². The fourth-order valence-electron chi connectivity index (χ4n) is 1.52. The van der Waals surface area contributed by atoms with Crippen molar-refractivity contribution in [1.82, 2.24) is 4.90 Å². The molecule has 0 unspecified atom stereocenters. The summed E-state index contributed by atoms with van der Waals surface area (Å²) in [5.41, 5.74) is 5.76. The van der Waals surface area contributed by atoms with E-state index < -0.39 is 5.82 Å². The molecule has 0 bridgehead atoms. The van der Waals surface area contributed by atoms with Crippen LogP contribution in [-0.4, -0.2) is 34.9 Å². The number of halogens is 1. The smallest absolute Gasteiger partial charge is 0.254 e. The number of carbonyl (C=O) groups is 1. The summed E-state index contributed by atoms with van der Waals surface area (Å²) in [6, 6.07) is 5.26. The highest BCUT2D eigenvalue weighted by molar-refractivity contribution is 5.96. The highest BCUT2D eigenvalue weighted by Gasteiger charge is 2.16. The molecule has 0 saturated carbocycles. The number of amidine groups is 1. The summed E-state index contributed by atoms with van der Waals surface area (Å²) in [5, 5.41) is 11.4. The molecule has 1 aromatic carbocycles. The van der Waals surface area contributed by atoms with Gasteiger partial charge in [0.1, 0.15) is 5.82 Å². The van der Waals surface area contributed by atoms with Gasteiger partial charge in [-0.15, -0.1) is 0 Å². The molecule has 0 saturated heterocycles. The summed E-state index contributed by atoms with van der Waals surface area (Å²) in [6.45, 7) is 2.43. The maximum absolute atomic E-state index is 12.8. The lowest BCUT2D eigenvalue weighted by atomic mass is 10.2. The molecular weight excluding hydrogens is 237 g/mol. The third-order valence-electron chi connectivity index (χ3n) is 2.35. The van der Waals surface area contributed by atoms with Crippen LogP contribution in [0, 0.1) is 5.82 Å². The number of amides is 1. The molecule has 0 spiro atoms. The number of hydrogen-bond donors (Lipinski definition) is 2. The number of nitrogens with two attached hydrogens (primary N) is 1. The van der Waals surface area contributed by atoms with E-state index in [-0.39, 0.29) is 18.3 Å². The number of carbonyl (C=O) groups excluding carboxylic acids is 1. The zero-order valence-corrected chi connectivity index (χ0v) is 10.1. The molecule has 98 valence electrons. The lowest BCUT2D eigenvalue weighted by Crippen LogP contribution is -2.39. The van der Waals surface area contributed by atoms with E-state index in [9.17, 15) is 9.18 Å². The van der Waals surface area contributed by atoms with E-state index in [1.54, 1.807) is 0 Å². The first-order valence-electron chi connectivity index (χ1n) is 5.59. The molecule has 0 aliphatic heterocycles. The Hall–Kier alpha value is -2.11. The average molecular weight is 253 g/mol. The predicted molar refractivity (Wildman–Crippen MR) is 66.0 cm³/mol. The summed E-state index contributed by atoms with van der Waals surface area (Å²) in [6.07, 6.45) is 0.742. The summed E-state index contributed by atoms with van der Waals surface area (Å²) in [7, 11) is 0. The Labute approximate surface area is 105 Å². The van der Waals surface area contributed by atoms with Gasteiger partial charge in [-0.1, -0.05) is 12.1 Å². The monoisotopic (exact) mass is 253 g/mol. The van der Waals surface area contributed by atoms with E-state index in [1.165, 1.54) is 29.2 Å². The van der Waals surface area contributed by atoms with Crippen molar-refractivity contribution < 1.29 is 14.4 Å². The third kappa shape index (κ3) is 3.73. The van der Waals surface area contributed by atoms with Crippen LogP contribution >= 0.6 is 0 Å². The van der Waals surface area contributed by atoms with Gasteiger partial charge in [-0.2, -0.15) is 0 Å². The maximum Gasteiger partial charge on any atom is 0.254 e. The van der Waals surface area contributed by atoms with Gasteiger partial charge in [0, 0.05) is 12.1 Å². The molecule has 0 aliphatic rings. The average Bonchev–Trinajstić information content (AvgIpc) is 2.38. The van der Waals surface area contributed by atoms with Crippen LogP contribution in [0.4, 0.5) is 4.39 Å². The topological polar surface area (TPSA) is 78.9 Å². The molecule has 0 aromatic heterocycles. The second-order valence-corrected chi connectivity index (χ2v) is 3.82. The van der Waals surface area contributed by atoms with Gasteiger partial charge >= 0.3 is 0 Å². The molecule has 0 heterocycles. The van der Waals surface area contributed by atoms with Crippen LogP contribution in [0.25, 0.3) is 0 Å². The van der Waals surface area contributed by atoms with Crippen molar-refractivity contribution in [3.8, 4) is 0 Å². The number of hydrogen-bond acceptors (Lipinski definition) is 3. The van der Waals surface area contributed by atoms with Gasteiger partial charge < -0.3 is 15.8 Å². The highest BCUT2D eigenvalue weighted by Crippen LogP contribution is 2.07. The van der Waals surface area contributed by atoms with Gasteiger partial charge in [-0.25, -0.2) is 4.39 Å². The minimum absolute atomic E-state index is 0.0422. The summed E-state index contributed by atoms with van der Waals surface area (Å²) in [5.74, 6) is -0.715. The Morgan fingerprint density at radius 1 is 1.44 bits per heavy atom. The van der Waals surface area contributed by atoms with Crippen molar-refractivity contribution >= 4 is 11.7 Å². The summed E-state index contributed by atoms with van der Waals surface area (Å²) < 4.78 is 12.8. The fourth-order valence-corrected chi connectivity index (χ4v) is 1.52. The van der Waals surface area contributed by atoms with Crippen molar-refractivity contribution in [2.24, 2.45) is 10.9 Å². The van der Waals surface area contributed by atoms with Gasteiger partial charge in [-0.05, 0) is 30.7 Å². The van der Waals surface area contributed by atoms with E-state index in [4.69, 9.17) is 10.9 Å². The molecule has 5 nitrogen and oxygen atoms in total. The molecule has 6 heteroatoms. The van der Waals surface area contributed by atoms with Gasteiger partial charge in [0.2, 0.25) is 0 Å². The lowest BCUT2D eigenvalue weighted by Gasteiger charge is -2.21. The van der Waals surface area contributed by atoms with E-state index in [2.05, 4.69) is 5.16 Å². The minimum atomic E-state index is -0.398. The third-order valence-corrected chi connectivity index (χ3v) is 2.35. The van der Waals surface area contributed by atoms with Crippen LogP contribution in [0.1, 0.15) is 23.7 Å². The van der Waals surface area contributed by atoms with Gasteiger partial charge in [-0.3, -0.25) is 4.79 Å². The molecule has 1 amide bonds. The van der Waals surface area contributed by atoms with Crippen LogP contribution in [0.2, 0.25) is 0 Å². The second-order valence-electron chi connectivity index (χ2n) is 3.82. The van der Waals surface area contributed by atoms with E-state index in [0.717, 1.165) is 6.42 Å². The van der Waals surface area contributed by atoms with E-state index >= 15 is 0 Å². The highest BCUT2D eigenvalue weighted by atomic mass is 19.1. The van der Waals surface area contributed by atoms with Crippen LogP contribution in [0.5, 0.6) is 0 Å². The second kappa shape index (κ2) is 6.58. The Balaban J connectivity index is 2.85. The quantitative estimate of drug-likeness (QED) is 0.360. The first kappa shape index (κ1) is 14.0. The zero-order chi connectivity index (χ0) is 13.5. The molecule has 0 aliphatic carbocycles. The Morgan fingerprint density at radius 2 is 2.06 bits per heavy atom. The minimum Gasteiger partial charge on any atom is -0.409 e. The molecular formula is C12H16FN3O2. The summed E-state index contributed by atoms with van der Waals surface area (Å²) >= 11 is 0. The summed E-state index contributed by atoms with van der Waals surface area (Å²) in [4.78, 5) is 13.6. The Morgan fingerprint density at radius 3 is 2.56 bits per heavy atom. The van der Waals surface area contributed by atoms with Crippen molar-refractivity contribution in [1.29, 1.82) is 0 Å². The number of nitrogens with zero attached hydrogens (tertiary/aromatic N) is 2. The molecule has 1 rings (SSSR count). The molecule has 0 atom stereocenters. The number of benzene rings is 1. The Bertz CT molecular complexity index is 431. The van der Waals surface area contributed by atoms with Crippen molar-refractivity contribution in [3.63, 3.8) is 0 Å². The van der Waals surface area contributed by atoms with Gasteiger partial charge in [0.05, 0.1) is 6.54 Å². The maximum atomic E-state index is 12.8. The predicted octanol–water partition coefficient (Wildman–Crippen LogP) is 1.42. The SMILES string of the molecule is CCCN(CC(N)=NO)C(=O)c1ccc(F)cc1. The van der Waals surface area contributed by atoms with Gasteiger partial charge in [0.25, 0.3) is 5.91 Å². The van der Waals surface area contributed by atoms with E-state index in [0.29, 0.717) is 12.1 Å². The van der Waals surface area contributed by atoms with Crippen LogP contribution in [-0.2, 0) is 0 Å². The first-order chi connectivity index (χ1) is 8.58. The number of oxime groups is 1. The number of rotatable bonds is 5. The van der Waals surface area contributed by atoms with Crippen molar-refractivity contribution in [3.05, 3.63) is 35.6 Å². The normalized spacial score (nSPS) is 11.3. The first-order valence-corrected chi connectivity index (χ1v) is 5.59. The van der Waals surface area contributed by atoms with E-state index in [1.807, 2.05) is 6.92 Å². The molecule has 3 N–H and O–H groups in total. The molecule has 1 aromatic rings. The largest absolute Gasteiger partial charge is 0.409 e. The standard InChI is InChI=1S/C12H16FN3O2/c1-2-7-16(8-11(14)15-18)12(17)9-3-5-10(13)6-4-9/h3-6,18H,2,7-8H2,1H3,(H2,14,15). The van der Waals surface area contributed by atoms with Crippen LogP contribution < -0.4 is 5.73 Å². The molecule has 0 fully saturated rings. The lowest BCUT2D eigenvalue weighted by molar-refractivity contribution is 0.0778. The van der Waals surface area contributed by atoms with Crippen molar-refractivity contribution in [2.75, 3.05) is 13.1 Å². The van der Waals surface area contributed by atoms with Crippen LogP contribution in [0.3, 0.4) is 0 Å². The fraction of sp³-hybridized carbons (Fsp3) is 0.333. The van der Waals surface area contributed by atoms with Crippen LogP contribution in [0.15, 0.2) is 29.4 Å².